The van der Waals surface area contributed by atoms with Crippen LogP contribution in [0.25, 0.3) is 11.3 Å². The molecule has 0 aliphatic rings. The zero-order valence-electron chi connectivity index (χ0n) is 12.6. The van der Waals surface area contributed by atoms with Crippen LogP contribution in [-0.4, -0.2) is 28.8 Å². The van der Waals surface area contributed by atoms with E-state index in [-0.39, 0.29) is 18.6 Å². The number of carbonyl (C=O) groups excluding carboxylic acids is 1. The summed E-state index contributed by atoms with van der Waals surface area (Å²) in [5.41, 5.74) is 1.49. The molecule has 0 aliphatic carbocycles. The highest BCUT2D eigenvalue weighted by atomic mass is 35.5. The lowest BCUT2D eigenvalue weighted by Gasteiger charge is -2.13. The fourth-order valence-corrected chi connectivity index (χ4v) is 2.47. The quantitative estimate of drug-likeness (QED) is 0.856. The summed E-state index contributed by atoms with van der Waals surface area (Å²) in [4.78, 5) is 12.5. The Hall–Kier alpha value is -1.85. The van der Waals surface area contributed by atoms with Gasteiger partial charge in [0.1, 0.15) is 17.0 Å². The Kier molecular flexibility index (Phi) is 5.57. The minimum Gasteiger partial charge on any atom is -0.396 e. The van der Waals surface area contributed by atoms with Gasteiger partial charge in [0.2, 0.25) is 0 Å². The summed E-state index contributed by atoms with van der Waals surface area (Å²) in [6.07, 6.45) is 1.34. The Morgan fingerprint density at radius 1 is 1.45 bits per heavy atom. The molecule has 2 rings (SSSR count). The lowest BCUT2D eigenvalue weighted by molar-refractivity contribution is 0.0935. The average molecular weight is 323 g/mol. The van der Waals surface area contributed by atoms with Crippen molar-refractivity contribution in [2.75, 3.05) is 6.61 Å². The van der Waals surface area contributed by atoms with Gasteiger partial charge in [-0.05, 0) is 32.8 Å². The zero-order valence-corrected chi connectivity index (χ0v) is 13.4. The van der Waals surface area contributed by atoms with E-state index in [1.165, 1.54) is 0 Å². The van der Waals surface area contributed by atoms with Gasteiger partial charge in [-0.15, -0.1) is 0 Å². The molecular weight excluding hydrogens is 304 g/mol. The summed E-state index contributed by atoms with van der Waals surface area (Å²) in [5.74, 6) is 0.195. The fraction of sp³-hybridized carbons (Fsp3) is 0.375. The van der Waals surface area contributed by atoms with Crippen LogP contribution < -0.4 is 5.32 Å². The molecule has 2 aromatic rings. The summed E-state index contributed by atoms with van der Waals surface area (Å²) in [7, 11) is 0. The van der Waals surface area contributed by atoms with Crippen LogP contribution in [0.3, 0.4) is 0 Å². The Labute approximate surface area is 134 Å². The van der Waals surface area contributed by atoms with Gasteiger partial charge in [-0.25, -0.2) is 0 Å². The lowest BCUT2D eigenvalue weighted by Crippen LogP contribution is -2.33. The number of rotatable bonds is 6. The second-order valence-electron chi connectivity index (χ2n) is 5.18. The number of carbonyl (C=O) groups is 1. The highest BCUT2D eigenvalue weighted by Crippen LogP contribution is 2.30. The number of amides is 1. The molecular formula is C16H19ClN2O3. The average Bonchev–Trinajstić information content (AvgIpc) is 2.87. The summed E-state index contributed by atoms with van der Waals surface area (Å²) in [5, 5.41) is 16.2. The molecule has 2 N–H and O–H groups in total. The van der Waals surface area contributed by atoms with Crippen molar-refractivity contribution in [3.05, 3.63) is 40.6 Å². The standard InChI is InChI=1S/C16H19ClN2O3/c1-10(6-5-9-20)18-16(21)14-11(2)22-19-15(14)12-7-3-4-8-13(12)17/h3-4,7-8,10,20H,5-6,9H2,1-2H3,(H,18,21). The van der Waals surface area contributed by atoms with Crippen LogP contribution in [0, 0.1) is 6.92 Å². The molecule has 0 bridgehead atoms. The predicted molar refractivity (Wildman–Crippen MR) is 84.9 cm³/mol. The van der Waals surface area contributed by atoms with Crippen molar-refractivity contribution >= 4 is 17.5 Å². The second kappa shape index (κ2) is 7.42. The van der Waals surface area contributed by atoms with Crippen LogP contribution >= 0.6 is 11.6 Å². The normalized spacial score (nSPS) is 12.2. The van der Waals surface area contributed by atoms with Crippen molar-refractivity contribution < 1.29 is 14.4 Å². The molecule has 0 aliphatic heterocycles. The number of benzene rings is 1. The molecule has 0 spiro atoms. The van der Waals surface area contributed by atoms with Gasteiger partial charge in [-0.1, -0.05) is 35.0 Å². The Bertz CT molecular complexity index is 655. The Morgan fingerprint density at radius 3 is 2.86 bits per heavy atom. The van der Waals surface area contributed by atoms with Gasteiger partial charge in [-0.2, -0.15) is 0 Å². The number of aryl methyl sites for hydroxylation is 1. The largest absolute Gasteiger partial charge is 0.396 e. The topological polar surface area (TPSA) is 75.4 Å². The third-order valence-corrected chi connectivity index (χ3v) is 3.72. The smallest absolute Gasteiger partial charge is 0.257 e. The maximum atomic E-state index is 12.5. The molecule has 1 aromatic heterocycles. The van der Waals surface area contributed by atoms with Crippen molar-refractivity contribution in [1.82, 2.24) is 10.5 Å². The maximum Gasteiger partial charge on any atom is 0.257 e. The van der Waals surface area contributed by atoms with E-state index in [4.69, 9.17) is 21.2 Å². The minimum absolute atomic E-state index is 0.0481. The molecule has 5 nitrogen and oxygen atoms in total. The Morgan fingerprint density at radius 2 is 2.18 bits per heavy atom. The van der Waals surface area contributed by atoms with Crippen LogP contribution in [0.15, 0.2) is 28.8 Å². The van der Waals surface area contributed by atoms with Crippen molar-refractivity contribution in [2.24, 2.45) is 0 Å². The zero-order chi connectivity index (χ0) is 16.1. The number of aromatic nitrogens is 1. The van der Waals surface area contributed by atoms with E-state index in [0.29, 0.717) is 40.4 Å². The van der Waals surface area contributed by atoms with E-state index >= 15 is 0 Å². The second-order valence-corrected chi connectivity index (χ2v) is 5.59. The molecule has 1 heterocycles. The number of aliphatic hydroxyl groups excluding tert-OH is 1. The van der Waals surface area contributed by atoms with E-state index in [1.54, 1.807) is 19.1 Å². The third-order valence-electron chi connectivity index (χ3n) is 3.39. The molecule has 22 heavy (non-hydrogen) atoms. The predicted octanol–water partition coefficient (Wildman–Crippen LogP) is 3.19. The maximum absolute atomic E-state index is 12.5. The molecule has 1 unspecified atom stereocenters. The van der Waals surface area contributed by atoms with Crippen LogP contribution in [0.1, 0.15) is 35.9 Å². The van der Waals surface area contributed by atoms with E-state index in [0.717, 1.165) is 0 Å². The van der Waals surface area contributed by atoms with Crippen molar-refractivity contribution in [2.45, 2.75) is 32.7 Å². The van der Waals surface area contributed by atoms with Gasteiger partial charge in [0, 0.05) is 18.2 Å². The number of hydrogen-bond donors (Lipinski definition) is 2. The molecule has 118 valence electrons. The molecule has 1 aromatic carbocycles. The molecule has 0 radical (unpaired) electrons. The molecule has 0 fully saturated rings. The van der Waals surface area contributed by atoms with E-state index in [1.807, 2.05) is 19.1 Å². The van der Waals surface area contributed by atoms with Crippen LogP contribution in [0.2, 0.25) is 5.02 Å². The highest BCUT2D eigenvalue weighted by molar-refractivity contribution is 6.33. The first kappa shape index (κ1) is 16.5. The summed E-state index contributed by atoms with van der Waals surface area (Å²) >= 11 is 6.18. The van der Waals surface area contributed by atoms with Gasteiger partial charge in [-0.3, -0.25) is 4.79 Å². The van der Waals surface area contributed by atoms with E-state index in [9.17, 15) is 4.79 Å². The highest BCUT2D eigenvalue weighted by Gasteiger charge is 2.23. The van der Waals surface area contributed by atoms with Gasteiger partial charge >= 0.3 is 0 Å². The first-order chi connectivity index (χ1) is 10.5. The van der Waals surface area contributed by atoms with Crippen molar-refractivity contribution in [3.8, 4) is 11.3 Å². The van der Waals surface area contributed by atoms with Crippen molar-refractivity contribution in [3.63, 3.8) is 0 Å². The number of halogens is 1. The van der Waals surface area contributed by atoms with Gasteiger partial charge in [0.15, 0.2) is 0 Å². The van der Waals surface area contributed by atoms with Crippen molar-refractivity contribution in [1.29, 1.82) is 0 Å². The minimum atomic E-state index is -0.251. The SMILES string of the molecule is Cc1onc(-c2ccccc2Cl)c1C(=O)NC(C)CCCO. The van der Waals surface area contributed by atoms with E-state index in [2.05, 4.69) is 10.5 Å². The van der Waals surface area contributed by atoms with Crippen LogP contribution in [0.4, 0.5) is 0 Å². The van der Waals surface area contributed by atoms with Gasteiger partial charge in [0.05, 0.1) is 5.02 Å². The molecule has 1 atom stereocenters. The first-order valence-corrected chi connectivity index (χ1v) is 7.55. The van der Waals surface area contributed by atoms with Crippen LogP contribution in [0.5, 0.6) is 0 Å². The number of hydrogen-bond acceptors (Lipinski definition) is 4. The number of nitrogens with zero attached hydrogens (tertiary/aromatic N) is 1. The fourth-order valence-electron chi connectivity index (χ4n) is 2.24. The van der Waals surface area contributed by atoms with Crippen LogP contribution in [-0.2, 0) is 0 Å². The molecule has 1 amide bonds. The first-order valence-electron chi connectivity index (χ1n) is 7.17. The van der Waals surface area contributed by atoms with Gasteiger partial charge < -0.3 is 14.9 Å². The Balaban J connectivity index is 2.27. The van der Waals surface area contributed by atoms with Gasteiger partial charge in [0.25, 0.3) is 5.91 Å². The van der Waals surface area contributed by atoms with E-state index < -0.39 is 0 Å². The number of aliphatic hydroxyl groups is 1. The molecule has 6 heteroatoms. The lowest BCUT2D eigenvalue weighted by atomic mass is 10.0. The summed E-state index contributed by atoms with van der Waals surface area (Å²) in [6.45, 7) is 3.70. The monoisotopic (exact) mass is 322 g/mol. The third kappa shape index (κ3) is 3.67. The molecule has 0 saturated heterocycles. The number of nitrogens with one attached hydrogen (secondary N) is 1. The summed E-state index contributed by atoms with van der Waals surface area (Å²) in [6, 6.07) is 7.14. The molecule has 0 saturated carbocycles. The summed E-state index contributed by atoms with van der Waals surface area (Å²) < 4.78 is 5.18.